The van der Waals surface area contributed by atoms with E-state index in [1.165, 1.54) is 110 Å². The highest BCUT2D eigenvalue weighted by molar-refractivity contribution is 5.99. The van der Waals surface area contributed by atoms with Gasteiger partial charge in [0.2, 0.25) is 0 Å². The molecular formula is C78H116N2. The maximum absolute atomic E-state index is 7.07. The standard InChI is InChI=1S/C58H70N2.C10H22.C7H16.C3H8/c1-15-42-22-27-45(28-23-42)50-38-51-52(58(13,14)36-35-41(6)56(7,8)9)34-33-49(55(51)60-54(50)46-29-24-43(16-2)25-30-46)53(59)20-18-19-44-26-32-48(40(5)37-44)39(4)21-31-47(17-3)57(10,11)12;1-4-6-7-8-9-10(3)5-2;1-3-5-7-6-4-2;1-3-2/h17-35,37-38H,4,15-16,36,59H2,1-3,5-14H3;10H,4-9H2,1-3H3;3-7H2,1-2H3;3H2,1-2H3/b19-18+,31-21-,41-35+,47-17+,53-20-;;;. The van der Waals surface area contributed by atoms with Gasteiger partial charge < -0.3 is 5.73 Å². The number of pyridine rings is 1. The van der Waals surface area contributed by atoms with Crippen LogP contribution in [0.15, 0.2) is 139 Å². The Morgan fingerprint density at radius 2 is 1.19 bits per heavy atom. The van der Waals surface area contributed by atoms with Crippen LogP contribution in [0, 0.1) is 23.7 Å². The molecule has 1 aromatic heterocycles. The smallest absolute Gasteiger partial charge is 0.0805 e. The summed E-state index contributed by atoms with van der Waals surface area (Å²) in [7, 11) is 0. The Bertz CT molecular complexity index is 2740. The van der Waals surface area contributed by atoms with Crippen molar-refractivity contribution >= 4 is 28.2 Å². The molecule has 0 saturated heterocycles. The molecule has 0 spiro atoms. The maximum atomic E-state index is 7.07. The Kier molecular flexibility index (Phi) is 31.9. The number of hydrogen-bond donors (Lipinski definition) is 1. The molecule has 0 radical (unpaired) electrons. The van der Waals surface area contributed by atoms with Gasteiger partial charge in [-0.3, -0.25) is 0 Å². The number of aromatic nitrogens is 1. The van der Waals surface area contributed by atoms with Crippen molar-refractivity contribution in [2.75, 3.05) is 0 Å². The van der Waals surface area contributed by atoms with Crippen LogP contribution in [0.4, 0.5) is 0 Å². The monoisotopic (exact) mass is 1080 g/mol. The topological polar surface area (TPSA) is 38.9 Å². The first-order valence-electron chi connectivity index (χ1n) is 31.5. The molecule has 0 bridgehead atoms. The largest absolute Gasteiger partial charge is 0.398 e. The summed E-state index contributed by atoms with van der Waals surface area (Å²) < 4.78 is 0. The number of allylic oxidation sites excluding steroid dienone is 9. The molecule has 0 saturated carbocycles. The van der Waals surface area contributed by atoms with Gasteiger partial charge in [-0.2, -0.15) is 0 Å². The van der Waals surface area contributed by atoms with E-state index in [4.69, 9.17) is 10.7 Å². The van der Waals surface area contributed by atoms with Crippen LogP contribution >= 0.6 is 0 Å². The van der Waals surface area contributed by atoms with Crippen LogP contribution in [0.2, 0.25) is 0 Å². The predicted octanol–water partition coefficient (Wildman–Crippen LogP) is 24.6. The number of benzene rings is 4. The number of fused-ring (bicyclic) bond motifs is 1. The van der Waals surface area contributed by atoms with Crippen LogP contribution in [0.3, 0.4) is 0 Å². The lowest BCUT2D eigenvalue weighted by Crippen LogP contribution is -2.18. The quantitative estimate of drug-likeness (QED) is 0.0402. The number of nitrogens with two attached hydrogens (primary N) is 1. The summed E-state index contributed by atoms with van der Waals surface area (Å²) in [6.07, 6.45) is 34.7. The van der Waals surface area contributed by atoms with Gasteiger partial charge in [0.15, 0.2) is 0 Å². The van der Waals surface area contributed by atoms with Gasteiger partial charge >= 0.3 is 0 Å². The predicted molar refractivity (Wildman–Crippen MR) is 365 cm³/mol. The molecule has 80 heavy (non-hydrogen) atoms. The van der Waals surface area contributed by atoms with Crippen molar-refractivity contribution in [3.05, 3.63) is 178 Å². The summed E-state index contributed by atoms with van der Waals surface area (Å²) in [6, 6.07) is 31.3. The van der Waals surface area contributed by atoms with Crippen LogP contribution in [0.1, 0.15) is 254 Å². The fourth-order valence-electron chi connectivity index (χ4n) is 9.53. The van der Waals surface area contributed by atoms with Gasteiger partial charge in [-0.15, -0.1) is 0 Å². The third kappa shape index (κ3) is 23.6. The van der Waals surface area contributed by atoms with Crippen LogP contribution < -0.4 is 5.73 Å². The van der Waals surface area contributed by atoms with Crippen molar-refractivity contribution in [2.45, 2.75) is 240 Å². The first kappa shape index (κ1) is 70.6. The molecule has 0 amide bonds. The second kappa shape index (κ2) is 36.1. The van der Waals surface area contributed by atoms with E-state index in [0.29, 0.717) is 5.70 Å². The summed E-state index contributed by atoms with van der Waals surface area (Å²) >= 11 is 0. The second-order valence-corrected chi connectivity index (χ2v) is 25.3. The van der Waals surface area contributed by atoms with Crippen LogP contribution in [-0.2, 0) is 18.3 Å². The molecule has 1 atom stereocenters. The molecule has 0 aliphatic rings. The summed E-state index contributed by atoms with van der Waals surface area (Å²) in [5.41, 5.74) is 25.0. The molecule has 1 heterocycles. The zero-order valence-electron chi connectivity index (χ0n) is 55.0. The Morgan fingerprint density at radius 3 is 1.68 bits per heavy atom. The van der Waals surface area contributed by atoms with Crippen molar-refractivity contribution in [1.82, 2.24) is 4.98 Å². The van der Waals surface area contributed by atoms with Gasteiger partial charge in [-0.25, -0.2) is 4.98 Å². The molecule has 5 rings (SSSR count). The molecule has 4 aromatic carbocycles. The van der Waals surface area contributed by atoms with E-state index in [2.05, 4.69) is 266 Å². The highest BCUT2D eigenvalue weighted by Gasteiger charge is 2.26. The van der Waals surface area contributed by atoms with Gasteiger partial charge in [0, 0.05) is 27.8 Å². The zero-order valence-corrected chi connectivity index (χ0v) is 55.0. The average Bonchev–Trinajstić information content (AvgIpc) is 3.43. The van der Waals surface area contributed by atoms with E-state index in [-0.39, 0.29) is 16.2 Å². The van der Waals surface area contributed by atoms with Crippen molar-refractivity contribution in [3.63, 3.8) is 0 Å². The fourth-order valence-corrected chi connectivity index (χ4v) is 9.53. The van der Waals surface area contributed by atoms with Gasteiger partial charge in [0.25, 0.3) is 0 Å². The summed E-state index contributed by atoms with van der Waals surface area (Å²) in [4.78, 5) is 5.62. The highest BCUT2D eigenvalue weighted by Crippen LogP contribution is 2.42. The van der Waals surface area contributed by atoms with Crippen molar-refractivity contribution in [1.29, 1.82) is 0 Å². The van der Waals surface area contributed by atoms with Crippen LogP contribution in [-0.4, -0.2) is 4.98 Å². The SMILES string of the molecule is C=C(/C=C\C(=C/C)C(C)(C)C)c1ccc(/C=C/C=C(\N)c2ccc(C(C)(C)C/C=C(\C)C(C)(C)C)c3cc(-c4ccc(CC)cc4)c(-c4ccc(CC)cc4)nc23)cc1C.CCC.CCCCCCC.CCCCCCC(C)CC. The Hall–Kier alpha value is -5.47. The van der Waals surface area contributed by atoms with Crippen molar-refractivity contribution < 1.29 is 0 Å². The molecule has 438 valence electrons. The van der Waals surface area contributed by atoms with Gasteiger partial charge in [-0.1, -0.05) is 322 Å². The summed E-state index contributed by atoms with van der Waals surface area (Å²) in [5.74, 6) is 0.955. The first-order chi connectivity index (χ1) is 37.9. The summed E-state index contributed by atoms with van der Waals surface area (Å²) in [5, 5.41) is 1.13. The first-order valence-corrected chi connectivity index (χ1v) is 31.5. The van der Waals surface area contributed by atoms with E-state index in [0.717, 1.165) is 80.7 Å². The normalized spacial score (nSPS) is 12.9. The lowest BCUT2D eigenvalue weighted by molar-refractivity contribution is 0.477. The molecule has 2 N–H and O–H groups in total. The van der Waals surface area contributed by atoms with Crippen LogP contribution in [0.25, 0.3) is 50.6 Å². The molecule has 5 aromatic rings. The molecular weight excluding hydrogens is 965 g/mol. The molecule has 0 aliphatic heterocycles. The van der Waals surface area contributed by atoms with Gasteiger partial charge in [0.05, 0.1) is 11.2 Å². The number of nitrogens with zero attached hydrogens (tertiary/aromatic N) is 1. The fraction of sp³-hybridized carbons (Fsp3) is 0.500. The van der Waals surface area contributed by atoms with E-state index < -0.39 is 0 Å². The third-order valence-electron chi connectivity index (χ3n) is 15.7. The Morgan fingerprint density at radius 1 is 0.650 bits per heavy atom. The minimum atomic E-state index is -0.163. The van der Waals surface area contributed by atoms with E-state index in [9.17, 15) is 0 Å². The van der Waals surface area contributed by atoms with E-state index in [1.54, 1.807) is 0 Å². The number of aryl methyl sites for hydroxylation is 3. The van der Waals surface area contributed by atoms with E-state index >= 15 is 0 Å². The maximum Gasteiger partial charge on any atom is 0.0805 e. The molecule has 2 heteroatoms. The van der Waals surface area contributed by atoms with Crippen LogP contribution in [0.5, 0.6) is 0 Å². The molecule has 2 nitrogen and oxygen atoms in total. The second-order valence-electron chi connectivity index (χ2n) is 25.3. The van der Waals surface area contributed by atoms with Crippen molar-refractivity contribution in [2.24, 2.45) is 22.5 Å². The lowest BCUT2D eigenvalue weighted by Gasteiger charge is -2.28. The minimum absolute atomic E-state index is 0.0846. The molecule has 0 aliphatic carbocycles. The van der Waals surface area contributed by atoms with Gasteiger partial charge in [-0.05, 0) is 124 Å². The number of rotatable bonds is 23. The number of unbranched alkanes of at least 4 members (excludes halogenated alkanes) is 7. The Labute approximate surface area is 493 Å². The minimum Gasteiger partial charge on any atom is -0.398 e. The van der Waals surface area contributed by atoms with Crippen molar-refractivity contribution in [3.8, 4) is 22.4 Å². The lowest BCUT2D eigenvalue weighted by atomic mass is 9.76. The van der Waals surface area contributed by atoms with E-state index in [1.807, 2.05) is 6.08 Å². The summed E-state index contributed by atoms with van der Waals surface area (Å²) in [6.45, 7) is 49.2. The molecule has 1 unspecified atom stereocenters. The van der Waals surface area contributed by atoms with Gasteiger partial charge in [0.1, 0.15) is 0 Å². The average molecular weight is 1080 g/mol. The number of hydrogen-bond acceptors (Lipinski definition) is 2. The third-order valence-corrected chi connectivity index (χ3v) is 15.7. The molecule has 0 fully saturated rings. The highest BCUT2D eigenvalue weighted by atomic mass is 14.7. The Balaban J connectivity index is 0.000000928. The zero-order chi connectivity index (χ0) is 60.1.